The molecule has 2 aromatic rings. The average Bonchev–Trinajstić information content (AvgIpc) is 2.95. The van der Waals surface area contributed by atoms with Crippen molar-refractivity contribution in [2.45, 2.75) is 6.92 Å². The van der Waals surface area contributed by atoms with Crippen LogP contribution in [0.2, 0.25) is 0 Å². The van der Waals surface area contributed by atoms with Crippen LogP contribution < -0.4 is 0 Å². The third-order valence-electron chi connectivity index (χ3n) is 6.33. The first-order valence-electron chi connectivity index (χ1n) is 9.06. The van der Waals surface area contributed by atoms with E-state index in [2.05, 4.69) is 91.9 Å². The Morgan fingerprint density at radius 2 is 1.46 bits per heavy atom. The Morgan fingerprint density at radius 1 is 0.708 bits per heavy atom. The highest BCUT2D eigenvalue weighted by Crippen LogP contribution is 2.55. The fraction of sp³-hybridized carbons (Fsp3) is 0.250. The maximum absolute atomic E-state index is 2.45. The second-order valence-electron chi connectivity index (χ2n) is 7.42. The smallest absolute Gasteiger partial charge is 0.00212 e. The van der Waals surface area contributed by atoms with Crippen LogP contribution in [-0.2, 0) is 0 Å². The summed E-state index contributed by atoms with van der Waals surface area (Å²) in [6.45, 7) is 2.43. The summed E-state index contributed by atoms with van der Waals surface area (Å²) in [5, 5.41) is 2.72. The minimum Gasteiger partial charge on any atom is -0.0805 e. The molecular formula is C24H22. The van der Waals surface area contributed by atoms with E-state index in [0.717, 1.165) is 0 Å². The van der Waals surface area contributed by atoms with E-state index in [1.165, 1.54) is 21.9 Å². The van der Waals surface area contributed by atoms with Crippen molar-refractivity contribution >= 4 is 16.3 Å². The molecule has 0 nitrogen and oxygen atoms in total. The fourth-order valence-electron chi connectivity index (χ4n) is 5.22. The SMILES string of the molecule is CC1C2C=CC=CC2C2C(c3cccc4ccccc34)=CC=CC12. The summed E-state index contributed by atoms with van der Waals surface area (Å²) in [5.41, 5.74) is 2.95. The van der Waals surface area contributed by atoms with Crippen LogP contribution in [0.25, 0.3) is 16.3 Å². The lowest BCUT2D eigenvalue weighted by atomic mass is 9.74. The molecule has 0 N–H and O–H groups in total. The molecule has 2 aromatic carbocycles. The second-order valence-corrected chi connectivity index (χ2v) is 7.42. The number of rotatable bonds is 1. The summed E-state index contributed by atoms with van der Waals surface area (Å²) in [5.74, 6) is 3.25. The molecule has 3 aliphatic carbocycles. The largest absolute Gasteiger partial charge is 0.0805 e. The molecule has 0 aromatic heterocycles. The molecule has 0 bridgehead atoms. The molecule has 5 rings (SSSR count). The molecule has 0 radical (unpaired) electrons. The molecule has 1 fully saturated rings. The van der Waals surface area contributed by atoms with Crippen LogP contribution in [0.1, 0.15) is 12.5 Å². The standard InChI is InChI=1S/C24H22/c1-16-18-10-4-5-12-22(18)24-19(16)13-7-15-23(24)21-14-6-9-17-8-2-3-11-20(17)21/h2-16,18-19,22,24H,1H3. The van der Waals surface area contributed by atoms with Gasteiger partial charge in [0.1, 0.15) is 0 Å². The molecule has 5 unspecified atom stereocenters. The van der Waals surface area contributed by atoms with Gasteiger partial charge < -0.3 is 0 Å². The molecular weight excluding hydrogens is 288 g/mol. The highest BCUT2D eigenvalue weighted by atomic mass is 14.5. The van der Waals surface area contributed by atoms with Crippen molar-refractivity contribution in [3.63, 3.8) is 0 Å². The maximum Gasteiger partial charge on any atom is -0.00212 e. The highest BCUT2D eigenvalue weighted by molar-refractivity contribution is 5.95. The van der Waals surface area contributed by atoms with Crippen LogP contribution in [0, 0.1) is 29.6 Å². The van der Waals surface area contributed by atoms with Gasteiger partial charge in [0.05, 0.1) is 0 Å². The molecule has 0 amide bonds. The zero-order valence-electron chi connectivity index (χ0n) is 14.0. The third-order valence-corrected chi connectivity index (χ3v) is 6.33. The van der Waals surface area contributed by atoms with Crippen LogP contribution in [0.5, 0.6) is 0 Å². The van der Waals surface area contributed by atoms with Gasteiger partial charge in [0.15, 0.2) is 0 Å². The van der Waals surface area contributed by atoms with E-state index in [0.29, 0.717) is 29.6 Å². The van der Waals surface area contributed by atoms with E-state index in [1.54, 1.807) is 0 Å². The predicted molar refractivity (Wildman–Crippen MR) is 102 cm³/mol. The number of benzene rings is 2. The molecule has 3 aliphatic rings. The number of allylic oxidation sites excluding steroid dienone is 8. The van der Waals surface area contributed by atoms with E-state index < -0.39 is 0 Å². The van der Waals surface area contributed by atoms with Gasteiger partial charge in [0, 0.05) is 0 Å². The van der Waals surface area contributed by atoms with Crippen molar-refractivity contribution in [1.82, 2.24) is 0 Å². The van der Waals surface area contributed by atoms with Crippen LogP contribution >= 0.6 is 0 Å². The molecule has 0 saturated heterocycles. The van der Waals surface area contributed by atoms with Crippen molar-refractivity contribution in [2.24, 2.45) is 29.6 Å². The van der Waals surface area contributed by atoms with E-state index in [-0.39, 0.29) is 0 Å². The number of hydrogen-bond acceptors (Lipinski definition) is 0. The fourth-order valence-corrected chi connectivity index (χ4v) is 5.22. The number of fused-ring (bicyclic) bond motifs is 4. The Bertz CT molecular complexity index is 903. The Labute approximate surface area is 143 Å². The summed E-state index contributed by atoms with van der Waals surface area (Å²) < 4.78 is 0. The molecule has 118 valence electrons. The van der Waals surface area contributed by atoms with Crippen molar-refractivity contribution < 1.29 is 0 Å². The van der Waals surface area contributed by atoms with Crippen molar-refractivity contribution in [3.05, 3.63) is 90.6 Å². The van der Waals surface area contributed by atoms with Gasteiger partial charge in [0.25, 0.3) is 0 Å². The lowest BCUT2D eigenvalue weighted by molar-refractivity contribution is 0.416. The first-order valence-corrected chi connectivity index (χ1v) is 9.06. The minimum absolute atomic E-state index is 0.599. The zero-order chi connectivity index (χ0) is 16.1. The second kappa shape index (κ2) is 5.34. The molecule has 5 atom stereocenters. The molecule has 0 heteroatoms. The molecule has 0 spiro atoms. The van der Waals surface area contributed by atoms with E-state index in [1.807, 2.05) is 0 Å². The summed E-state index contributed by atoms with van der Waals surface area (Å²) >= 11 is 0. The predicted octanol–water partition coefficient (Wildman–Crippen LogP) is 6.03. The normalized spacial score (nSPS) is 33.4. The van der Waals surface area contributed by atoms with Gasteiger partial charge >= 0.3 is 0 Å². The van der Waals surface area contributed by atoms with Gasteiger partial charge in [-0.25, -0.2) is 0 Å². The van der Waals surface area contributed by atoms with Gasteiger partial charge in [0.2, 0.25) is 0 Å². The van der Waals surface area contributed by atoms with Gasteiger partial charge in [-0.15, -0.1) is 0 Å². The van der Waals surface area contributed by atoms with Crippen molar-refractivity contribution in [1.29, 1.82) is 0 Å². The Hall–Kier alpha value is -2.34. The first-order chi connectivity index (χ1) is 11.8. The summed E-state index contributed by atoms with van der Waals surface area (Å²) in [6.07, 6.45) is 16.5. The maximum atomic E-state index is 2.45. The lowest BCUT2D eigenvalue weighted by Gasteiger charge is -2.29. The quantitative estimate of drug-likeness (QED) is 0.603. The summed E-state index contributed by atoms with van der Waals surface area (Å²) in [7, 11) is 0. The zero-order valence-corrected chi connectivity index (χ0v) is 14.0. The Balaban J connectivity index is 1.68. The Morgan fingerprint density at radius 3 is 2.38 bits per heavy atom. The van der Waals surface area contributed by atoms with Crippen LogP contribution in [-0.4, -0.2) is 0 Å². The van der Waals surface area contributed by atoms with Crippen LogP contribution in [0.3, 0.4) is 0 Å². The van der Waals surface area contributed by atoms with Gasteiger partial charge in [-0.2, -0.15) is 0 Å². The third kappa shape index (κ3) is 1.92. The summed E-state index contributed by atoms with van der Waals surface area (Å²) in [4.78, 5) is 0. The lowest BCUT2D eigenvalue weighted by Crippen LogP contribution is -2.19. The summed E-state index contributed by atoms with van der Waals surface area (Å²) in [6, 6.07) is 15.5. The van der Waals surface area contributed by atoms with Crippen LogP contribution in [0.4, 0.5) is 0 Å². The number of hydrogen-bond donors (Lipinski definition) is 0. The van der Waals surface area contributed by atoms with Crippen LogP contribution in [0.15, 0.2) is 85.0 Å². The van der Waals surface area contributed by atoms with Gasteiger partial charge in [-0.3, -0.25) is 0 Å². The van der Waals surface area contributed by atoms with Crippen molar-refractivity contribution in [3.8, 4) is 0 Å². The van der Waals surface area contributed by atoms with Gasteiger partial charge in [-0.1, -0.05) is 91.9 Å². The monoisotopic (exact) mass is 310 g/mol. The molecule has 0 heterocycles. The van der Waals surface area contributed by atoms with Crippen molar-refractivity contribution in [2.75, 3.05) is 0 Å². The topological polar surface area (TPSA) is 0 Å². The van der Waals surface area contributed by atoms with Gasteiger partial charge in [-0.05, 0) is 51.5 Å². The molecule has 24 heavy (non-hydrogen) atoms. The molecule has 1 saturated carbocycles. The van der Waals surface area contributed by atoms with E-state index in [9.17, 15) is 0 Å². The first kappa shape index (κ1) is 14.0. The highest BCUT2D eigenvalue weighted by Gasteiger charge is 2.47. The molecule has 0 aliphatic heterocycles. The van der Waals surface area contributed by atoms with E-state index in [4.69, 9.17) is 0 Å². The average molecular weight is 310 g/mol. The van der Waals surface area contributed by atoms with E-state index >= 15 is 0 Å². The minimum atomic E-state index is 0.599. The Kier molecular flexibility index (Phi) is 3.13.